The summed E-state index contributed by atoms with van der Waals surface area (Å²) in [5.41, 5.74) is -0.698. The van der Waals surface area contributed by atoms with Crippen molar-refractivity contribution in [3.63, 3.8) is 0 Å². The van der Waals surface area contributed by atoms with Crippen LogP contribution in [0.5, 0.6) is 5.75 Å². The zero-order chi connectivity index (χ0) is 22.3. The van der Waals surface area contributed by atoms with Crippen LogP contribution in [0.25, 0.3) is 10.9 Å². The van der Waals surface area contributed by atoms with Crippen LogP contribution < -0.4 is 26.7 Å². The van der Waals surface area contributed by atoms with Crippen LogP contribution in [0.4, 0.5) is 10.1 Å². The minimum atomic E-state index is -0.727. The number of hydrogen-bond donors (Lipinski definition) is 1. The van der Waals surface area contributed by atoms with E-state index in [9.17, 15) is 9.59 Å². The molecular weight excluding hydrogens is 464 g/mol. The van der Waals surface area contributed by atoms with Crippen molar-refractivity contribution in [2.75, 3.05) is 30.9 Å². The number of aromatic nitrogens is 2. The van der Waals surface area contributed by atoms with E-state index >= 15 is 4.39 Å². The quantitative estimate of drug-likeness (QED) is 0.362. The fraction of sp³-hybridized carbons (Fsp3) is 0.571. The predicted molar refractivity (Wildman–Crippen MR) is 118 cm³/mol. The molecule has 1 aliphatic heterocycles. The van der Waals surface area contributed by atoms with E-state index in [1.54, 1.807) is 0 Å². The van der Waals surface area contributed by atoms with Crippen molar-refractivity contribution in [3.05, 3.63) is 32.7 Å². The molecule has 10 heteroatoms. The van der Waals surface area contributed by atoms with Crippen LogP contribution in [0.15, 0.2) is 15.7 Å². The molecule has 1 aliphatic carbocycles. The number of anilines is 1. The van der Waals surface area contributed by atoms with Crippen molar-refractivity contribution < 1.29 is 9.13 Å². The zero-order valence-corrected chi connectivity index (χ0v) is 19.6. The van der Waals surface area contributed by atoms with E-state index < -0.39 is 17.1 Å². The van der Waals surface area contributed by atoms with Gasteiger partial charge >= 0.3 is 186 Å². The summed E-state index contributed by atoms with van der Waals surface area (Å²) < 4.78 is 23.5. The fourth-order valence-electron chi connectivity index (χ4n) is 4.45. The summed E-state index contributed by atoms with van der Waals surface area (Å²) in [5.74, 6) is 5.79. The van der Waals surface area contributed by atoms with Crippen LogP contribution in [-0.4, -0.2) is 45.2 Å². The van der Waals surface area contributed by atoms with Crippen molar-refractivity contribution in [1.82, 2.24) is 9.24 Å². The molecule has 0 spiro atoms. The minimum absolute atomic E-state index is 0.0534. The summed E-state index contributed by atoms with van der Waals surface area (Å²) in [6, 6.07) is 3.33. The number of halogens is 1. The molecule has 2 fully saturated rings. The number of hydrogen-bond acceptors (Lipinski definition) is 6. The topological polar surface area (TPSA) is 106 Å². The molecule has 2 aromatic rings. The van der Waals surface area contributed by atoms with Crippen molar-refractivity contribution >= 4 is 32.3 Å². The summed E-state index contributed by atoms with van der Waals surface area (Å²) in [7, 11) is 1.44. The van der Waals surface area contributed by atoms with Gasteiger partial charge in [-0.3, -0.25) is 0 Å². The molecule has 1 aromatic carbocycles. The number of nitriles is 1. The summed E-state index contributed by atoms with van der Waals surface area (Å²) >= 11 is 0.0638. The van der Waals surface area contributed by atoms with Gasteiger partial charge in [0, 0.05) is 0 Å². The van der Waals surface area contributed by atoms with Crippen LogP contribution in [0, 0.1) is 23.1 Å². The first kappa shape index (κ1) is 21.8. The Bertz CT molecular complexity index is 1170. The number of benzene rings is 1. The number of nitrogen functional groups attached to an aromatic ring is 1. The van der Waals surface area contributed by atoms with E-state index in [2.05, 4.69) is 13.0 Å². The van der Waals surface area contributed by atoms with Crippen LogP contribution in [0.3, 0.4) is 0 Å². The van der Waals surface area contributed by atoms with E-state index in [0.29, 0.717) is 46.0 Å². The average molecular weight is 490 g/mol. The van der Waals surface area contributed by atoms with E-state index in [1.165, 1.54) is 17.7 Å². The zero-order valence-electron chi connectivity index (χ0n) is 17.7. The number of methoxy groups -OCH3 is 1. The van der Waals surface area contributed by atoms with Gasteiger partial charge in [-0.05, 0) is 0 Å². The van der Waals surface area contributed by atoms with Crippen molar-refractivity contribution in [2.45, 2.75) is 48.6 Å². The molecule has 8 nitrogen and oxygen atoms in total. The summed E-state index contributed by atoms with van der Waals surface area (Å²) in [6.45, 7) is 3.58. The molecule has 31 heavy (non-hydrogen) atoms. The predicted octanol–water partition coefficient (Wildman–Crippen LogP) is 2.03. The Hall–Kier alpha value is -2.46. The van der Waals surface area contributed by atoms with Crippen LogP contribution in [0.1, 0.15) is 38.6 Å². The third kappa shape index (κ3) is 3.82. The van der Waals surface area contributed by atoms with Gasteiger partial charge in [0.2, 0.25) is 0 Å². The van der Waals surface area contributed by atoms with Gasteiger partial charge in [-0.15, -0.1) is 0 Å². The Morgan fingerprint density at radius 2 is 2.13 bits per heavy atom. The standard InChI is InChI=1S/C21H26AsFN5O3/c1-12(22-7-3-8-24)13-6-9-26(11-13)18-16(23)10-15-17(19(18)31-2)27(14-4-5-14)21(30)28(25)20(15)29/h10,12-14H,3-7,9,11,25H2,1-2H3. The Kier molecular flexibility index (Phi) is 6.02. The number of rotatable bonds is 7. The van der Waals surface area contributed by atoms with E-state index in [0.717, 1.165) is 24.5 Å². The summed E-state index contributed by atoms with van der Waals surface area (Å²) in [6.07, 6.45) is 3.13. The number of nitrogens with two attached hydrogens (primary N) is 1. The molecule has 1 saturated carbocycles. The molecule has 1 radical (unpaired) electrons. The van der Waals surface area contributed by atoms with Gasteiger partial charge in [-0.1, -0.05) is 0 Å². The van der Waals surface area contributed by atoms with Crippen molar-refractivity contribution in [2.24, 2.45) is 5.92 Å². The second kappa shape index (κ2) is 8.58. The van der Waals surface area contributed by atoms with E-state index in [1.807, 2.05) is 4.90 Å². The molecule has 2 N–H and O–H groups in total. The van der Waals surface area contributed by atoms with Gasteiger partial charge in [-0.2, -0.15) is 0 Å². The third-order valence-corrected chi connectivity index (χ3v) is 9.37. The van der Waals surface area contributed by atoms with Gasteiger partial charge in [0.05, 0.1) is 0 Å². The third-order valence-electron chi connectivity index (χ3n) is 6.26. The van der Waals surface area contributed by atoms with Crippen LogP contribution in [-0.2, 0) is 0 Å². The molecule has 0 amide bonds. The maximum absolute atomic E-state index is 15.3. The molecular formula is C21H26AsFN5O3. The first-order valence-corrected chi connectivity index (χ1v) is 12.9. The molecule has 2 aliphatic rings. The van der Waals surface area contributed by atoms with Crippen LogP contribution in [0.2, 0.25) is 9.91 Å². The first-order chi connectivity index (χ1) is 14.9. The summed E-state index contributed by atoms with van der Waals surface area (Å²) in [5, 5.41) is 9.79. The normalized spacial score (nSPS) is 19.9. The number of ether oxygens (including phenoxy) is 1. The Morgan fingerprint density at radius 1 is 1.39 bits per heavy atom. The number of fused-ring (bicyclic) bond motifs is 1. The monoisotopic (exact) mass is 490 g/mol. The van der Waals surface area contributed by atoms with Gasteiger partial charge in [-0.25, -0.2) is 0 Å². The fourth-order valence-corrected chi connectivity index (χ4v) is 6.92. The molecule has 1 aromatic heterocycles. The SMILES string of the molecule is COc1c(N2CCC(C(C)[As]CCC#N)C2)c(F)cc2c(=O)n(N)c(=O)n(C3CC3)c12. The van der Waals surface area contributed by atoms with Crippen LogP contribution >= 0.6 is 0 Å². The van der Waals surface area contributed by atoms with Gasteiger partial charge in [0.25, 0.3) is 0 Å². The second-order valence-corrected chi connectivity index (χ2v) is 11.7. The Morgan fingerprint density at radius 3 is 2.77 bits per heavy atom. The molecule has 2 unspecified atom stereocenters. The van der Waals surface area contributed by atoms with Gasteiger partial charge in [0.15, 0.2) is 0 Å². The van der Waals surface area contributed by atoms with Gasteiger partial charge < -0.3 is 0 Å². The molecule has 2 heterocycles. The summed E-state index contributed by atoms with van der Waals surface area (Å²) in [4.78, 5) is 27.4. The Balaban J connectivity index is 1.78. The molecule has 1 saturated heterocycles. The maximum atomic E-state index is 15.3. The van der Waals surface area contributed by atoms with E-state index in [-0.39, 0.29) is 32.9 Å². The van der Waals surface area contributed by atoms with Crippen molar-refractivity contribution in [1.29, 1.82) is 5.26 Å². The van der Waals surface area contributed by atoms with Crippen molar-refractivity contribution in [3.8, 4) is 11.8 Å². The average Bonchev–Trinajstić information content (AvgIpc) is 3.47. The Labute approximate surface area is 186 Å². The molecule has 0 bridgehead atoms. The van der Waals surface area contributed by atoms with E-state index in [4.69, 9.17) is 15.8 Å². The molecule has 2 atom stereocenters. The number of nitrogens with zero attached hydrogens (tertiary/aromatic N) is 4. The molecule has 4 rings (SSSR count). The van der Waals surface area contributed by atoms with Gasteiger partial charge in [0.1, 0.15) is 0 Å². The first-order valence-electron chi connectivity index (χ1n) is 10.5. The molecule has 165 valence electrons. The second-order valence-electron chi connectivity index (χ2n) is 8.24.